The Labute approximate surface area is 119 Å². The molecule has 2 nitrogen and oxygen atoms in total. The zero-order chi connectivity index (χ0) is 12.6. The Morgan fingerprint density at radius 3 is 2.89 bits per heavy atom. The summed E-state index contributed by atoms with van der Waals surface area (Å²) in [4.78, 5) is 1.30. The van der Waals surface area contributed by atoms with Crippen LogP contribution in [-0.4, -0.2) is 12.1 Å². The molecule has 0 aliphatic carbocycles. The van der Waals surface area contributed by atoms with Crippen molar-refractivity contribution in [3.8, 4) is 5.75 Å². The lowest BCUT2D eigenvalue weighted by Crippen LogP contribution is -2.51. The molecule has 2 aromatic rings. The van der Waals surface area contributed by atoms with Crippen molar-refractivity contribution in [3.63, 3.8) is 0 Å². The molecule has 2 heterocycles. The van der Waals surface area contributed by atoms with Crippen molar-refractivity contribution in [2.75, 3.05) is 6.61 Å². The first kappa shape index (κ1) is 12.2. The molecular weight excluding hydrogens is 310 g/mol. The molecule has 1 aliphatic rings. The zero-order valence-electron chi connectivity index (χ0n) is 9.86. The summed E-state index contributed by atoms with van der Waals surface area (Å²) in [6, 6.07) is 12.3. The highest BCUT2D eigenvalue weighted by Crippen LogP contribution is 2.32. The fourth-order valence-corrected chi connectivity index (χ4v) is 3.99. The van der Waals surface area contributed by atoms with Gasteiger partial charge < -0.3 is 10.5 Å². The topological polar surface area (TPSA) is 35.2 Å². The summed E-state index contributed by atoms with van der Waals surface area (Å²) in [5.74, 6) is 0.978. The molecule has 3 rings (SSSR count). The SMILES string of the molecule is NC1(Cc2ccc(Br)s2)COc2ccccc2C1. The molecule has 0 spiro atoms. The van der Waals surface area contributed by atoms with E-state index < -0.39 is 0 Å². The summed E-state index contributed by atoms with van der Waals surface area (Å²) in [5.41, 5.74) is 7.40. The van der Waals surface area contributed by atoms with Crippen molar-refractivity contribution >= 4 is 27.3 Å². The fourth-order valence-electron chi connectivity index (χ4n) is 2.35. The van der Waals surface area contributed by atoms with E-state index in [2.05, 4.69) is 34.1 Å². The number of nitrogens with two attached hydrogens (primary N) is 1. The minimum atomic E-state index is -0.293. The molecule has 94 valence electrons. The summed E-state index contributed by atoms with van der Waals surface area (Å²) in [5, 5.41) is 0. The summed E-state index contributed by atoms with van der Waals surface area (Å²) < 4.78 is 6.94. The van der Waals surface area contributed by atoms with Crippen LogP contribution in [0.4, 0.5) is 0 Å². The first-order chi connectivity index (χ1) is 8.65. The van der Waals surface area contributed by atoms with Crippen LogP contribution in [0.1, 0.15) is 10.4 Å². The van der Waals surface area contributed by atoms with E-state index >= 15 is 0 Å². The van der Waals surface area contributed by atoms with E-state index in [-0.39, 0.29) is 5.54 Å². The molecule has 2 N–H and O–H groups in total. The van der Waals surface area contributed by atoms with E-state index in [1.54, 1.807) is 11.3 Å². The number of hydrogen-bond acceptors (Lipinski definition) is 3. The van der Waals surface area contributed by atoms with Gasteiger partial charge in [-0.2, -0.15) is 0 Å². The van der Waals surface area contributed by atoms with Gasteiger partial charge in [-0.25, -0.2) is 0 Å². The van der Waals surface area contributed by atoms with Crippen LogP contribution in [0.5, 0.6) is 5.75 Å². The Hall–Kier alpha value is -0.840. The Balaban J connectivity index is 1.81. The molecule has 1 unspecified atom stereocenters. The van der Waals surface area contributed by atoms with E-state index in [1.165, 1.54) is 10.4 Å². The van der Waals surface area contributed by atoms with Crippen molar-refractivity contribution < 1.29 is 4.74 Å². The number of halogens is 1. The third kappa shape index (κ3) is 2.46. The van der Waals surface area contributed by atoms with Crippen LogP contribution in [0.15, 0.2) is 40.2 Å². The van der Waals surface area contributed by atoms with Gasteiger partial charge in [0.25, 0.3) is 0 Å². The smallest absolute Gasteiger partial charge is 0.122 e. The van der Waals surface area contributed by atoms with Gasteiger partial charge in [-0.3, -0.25) is 0 Å². The lowest BCUT2D eigenvalue weighted by atomic mass is 9.86. The number of benzene rings is 1. The highest BCUT2D eigenvalue weighted by atomic mass is 79.9. The first-order valence-electron chi connectivity index (χ1n) is 5.88. The van der Waals surface area contributed by atoms with Crippen LogP contribution in [0, 0.1) is 0 Å². The van der Waals surface area contributed by atoms with Crippen molar-refractivity contribution in [1.29, 1.82) is 0 Å². The fraction of sp³-hybridized carbons (Fsp3) is 0.286. The Bertz CT molecular complexity index is 568. The molecule has 18 heavy (non-hydrogen) atoms. The van der Waals surface area contributed by atoms with Gasteiger partial charge in [-0.1, -0.05) is 18.2 Å². The second kappa shape index (κ2) is 4.68. The van der Waals surface area contributed by atoms with E-state index in [0.29, 0.717) is 6.61 Å². The maximum Gasteiger partial charge on any atom is 0.122 e. The monoisotopic (exact) mass is 323 g/mol. The summed E-state index contributed by atoms with van der Waals surface area (Å²) in [7, 11) is 0. The largest absolute Gasteiger partial charge is 0.491 e. The predicted octanol–water partition coefficient (Wildman–Crippen LogP) is 3.39. The predicted molar refractivity (Wildman–Crippen MR) is 78.3 cm³/mol. The maximum atomic E-state index is 6.48. The molecule has 1 aromatic heterocycles. The molecule has 1 aliphatic heterocycles. The normalized spacial score (nSPS) is 22.3. The second-order valence-corrected chi connectivity index (χ2v) is 7.37. The molecule has 0 amide bonds. The van der Waals surface area contributed by atoms with Crippen LogP contribution >= 0.6 is 27.3 Å². The number of hydrogen-bond donors (Lipinski definition) is 1. The number of para-hydroxylation sites is 1. The zero-order valence-corrected chi connectivity index (χ0v) is 12.3. The highest BCUT2D eigenvalue weighted by molar-refractivity contribution is 9.11. The lowest BCUT2D eigenvalue weighted by molar-refractivity contribution is 0.190. The average Bonchev–Trinajstić information content (AvgIpc) is 2.74. The van der Waals surface area contributed by atoms with Crippen molar-refractivity contribution in [3.05, 3.63) is 50.6 Å². The van der Waals surface area contributed by atoms with Gasteiger partial charge in [0.05, 0.1) is 9.33 Å². The molecule has 0 saturated carbocycles. The lowest BCUT2D eigenvalue weighted by Gasteiger charge is -2.34. The molecular formula is C14H14BrNOS. The van der Waals surface area contributed by atoms with E-state index in [1.807, 2.05) is 18.2 Å². The molecule has 0 fully saturated rings. The van der Waals surface area contributed by atoms with Gasteiger partial charge in [0, 0.05) is 11.3 Å². The van der Waals surface area contributed by atoms with Gasteiger partial charge in [-0.15, -0.1) is 11.3 Å². The standard InChI is InChI=1S/C14H14BrNOS/c15-13-6-5-11(18-13)8-14(16)7-10-3-1-2-4-12(10)17-9-14/h1-6H,7-9,16H2. The van der Waals surface area contributed by atoms with Crippen molar-refractivity contribution in [2.24, 2.45) is 5.73 Å². The van der Waals surface area contributed by atoms with Gasteiger partial charge in [0.1, 0.15) is 12.4 Å². The van der Waals surface area contributed by atoms with Crippen molar-refractivity contribution in [1.82, 2.24) is 0 Å². The Kier molecular flexibility index (Phi) is 3.18. The van der Waals surface area contributed by atoms with Gasteiger partial charge in [0.2, 0.25) is 0 Å². The van der Waals surface area contributed by atoms with Gasteiger partial charge >= 0.3 is 0 Å². The van der Waals surface area contributed by atoms with Crippen LogP contribution in [-0.2, 0) is 12.8 Å². The molecule has 0 radical (unpaired) electrons. The minimum Gasteiger partial charge on any atom is -0.491 e. The third-order valence-electron chi connectivity index (χ3n) is 3.19. The minimum absolute atomic E-state index is 0.293. The molecule has 1 aromatic carbocycles. The Morgan fingerprint density at radius 2 is 2.11 bits per heavy atom. The quantitative estimate of drug-likeness (QED) is 0.919. The van der Waals surface area contributed by atoms with E-state index in [9.17, 15) is 0 Å². The van der Waals surface area contributed by atoms with E-state index in [4.69, 9.17) is 10.5 Å². The molecule has 4 heteroatoms. The average molecular weight is 324 g/mol. The highest BCUT2D eigenvalue weighted by Gasteiger charge is 2.32. The third-order valence-corrected chi connectivity index (χ3v) is 4.81. The summed E-state index contributed by atoms with van der Waals surface area (Å²) in [6.07, 6.45) is 1.73. The van der Waals surface area contributed by atoms with Gasteiger partial charge in [-0.05, 0) is 46.1 Å². The molecule has 0 bridgehead atoms. The number of thiophene rings is 1. The number of rotatable bonds is 2. The summed E-state index contributed by atoms with van der Waals surface area (Å²) >= 11 is 5.23. The molecule has 0 saturated heterocycles. The molecule has 1 atom stereocenters. The van der Waals surface area contributed by atoms with Crippen molar-refractivity contribution in [2.45, 2.75) is 18.4 Å². The van der Waals surface area contributed by atoms with E-state index in [0.717, 1.165) is 22.4 Å². The summed E-state index contributed by atoms with van der Waals surface area (Å²) in [6.45, 7) is 0.583. The van der Waals surface area contributed by atoms with Crippen LogP contribution in [0.2, 0.25) is 0 Å². The van der Waals surface area contributed by atoms with Crippen LogP contribution in [0.25, 0.3) is 0 Å². The van der Waals surface area contributed by atoms with Gasteiger partial charge in [0.15, 0.2) is 0 Å². The first-order valence-corrected chi connectivity index (χ1v) is 7.49. The second-order valence-electron chi connectivity index (χ2n) is 4.82. The maximum absolute atomic E-state index is 6.48. The van der Waals surface area contributed by atoms with Crippen LogP contribution < -0.4 is 10.5 Å². The Morgan fingerprint density at radius 1 is 1.28 bits per heavy atom. The number of fused-ring (bicyclic) bond motifs is 1. The number of ether oxygens (including phenoxy) is 1. The van der Waals surface area contributed by atoms with Crippen LogP contribution in [0.3, 0.4) is 0 Å².